The van der Waals surface area contributed by atoms with E-state index in [1.54, 1.807) is 12.4 Å². The van der Waals surface area contributed by atoms with Gasteiger partial charge in [-0.3, -0.25) is 9.97 Å². The molecule has 1 fully saturated rings. The Kier molecular flexibility index (Phi) is 7.66. The summed E-state index contributed by atoms with van der Waals surface area (Å²) in [5, 5.41) is 0. The number of nitrogens with zero attached hydrogens (tertiary/aromatic N) is 4. The average molecular weight is 649 g/mol. The smallest absolute Gasteiger partial charge is 0.151 e. The van der Waals surface area contributed by atoms with Crippen molar-refractivity contribution in [3.8, 4) is 45.1 Å². The molecule has 7 aromatic rings. The molecule has 2 aliphatic rings. The summed E-state index contributed by atoms with van der Waals surface area (Å²) in [5.41, 5.74) is 12.0. The Morgan fingerprint density at radius 2 is 1.04 bits per heavy atom. The van der Waals surface area contributed by atoms with Crippen molar-refractivity contribution in [3.05, 3.63) is 169 Å². The largest absolute Gasteiger partial charge is 0.453 e. The zero-order chi connectivity index (χ0) is 33.3. The topological polar surface area (TPSA) is 51.1 Å². The van der Waals surface area contributed by atoms with E-state index in [9.17, 15) is 0 Å². The van der Waals surface area contributed by atoms with Crippen LogP contribution in [0.4, 0.5) is 17.1 Å². The van der Waals surface area contributed by atoms with Crippen molar-refractivity contribution in [2.24, 2.45) is 0 Å². The highest BCUT2D eigenvalue weighted by molar-refractivity contribution is 5.86. The molecule has 5 heteroatoms. The van der Waals surface area contributed by atoms with Gasteiger partial charge in [0.25, 0.3) is 0 Å². The number of para-hydroxylation sites is 4. The van der Waals surface area contributed by atoms with Gasteiger partial charge in [0.1, 0.15) is 0 Å². The number of hydrogen-bond acceptors (Lipinski definition) is 5. The number of anilines is 3. The van der Waals surface area contributed by atoms with E-state index in [4.69, 9.17) is 9.72 Å². The van der Waals surface area contributed by atoms with Gasteiger partial charge in [-0.25, -0.2) is 4.98 Å². The quantitative estimate of drug-likeness (QED) is 0.180. The zero-order valence-corrected chi connectivity index (χ0v) is 27.7. The molecule has 0 spiro atoms. The van der Waals surface area contributed by atoms with Crippen LogP contribution < -0.4 is 9.64 Å². The van der Waals surface area contributed by atoms with E-state index >= 15 is 0 Å². The van der Waals surface area contributed by atoms with E-state index in [-0.39, 0.29) is 5.41 Å². The van der Waals surface area contributed by atoms with E-state index in [0.717, 1.165) is 75.0 Å². The van der Waals surface area contributed by atoms with Gasteiger partial charge in [-0.1, -0.05) is 79.9 Å². The van der Waals surface area contributed by atoms with Gasteiger partial charge in [0.15, 0.2) is 11.5 Å². The van der Waals surface area contributed by atoms with Crippen LogP contribution in [-0.2, 0) is 5.41 Å². The number of ether oxygens (including phenoxy) is 1. The van der Waals surface area contributed by atoms with Gasteiger partial charge < -0.3 is 9.64 Å². The molecule has 1 aliphatic heterocycles. The molecule has 1 saturated carbocycles. The van der Waals surface area contributed by atoms with Crippen molar-refractivity contribution in [2.45, 2.75) is 37.5 Å². The number of benzene rings is 4. The molecule has 9 rings (SSSR count). The first-order valence-corrected chi connectivity index (χ1v) is 17.5. The van der Waals surface area contributed by atoms with Crippen LogP contribution in [0.15, 0.2) is 158 Å². The molecule has 0 bridgehead atoms. The number of rotatable bonds is 6. The minimum absolute atomic E-state index is 0.0316. The average Bonchev–Trinajstić information content (AvgIpc) is 3.21. The summed E-state index contributed by atoms with van der Waals surface area (Å²) in [7, 11) is 0. The molecule has 5 nitrogen and oxygen atoms in total. The molecule has 50 heavy (non-hydrogen) atoms. The Hall–Kier alpha value is -6.07. The first kappa shape index (κ1) is 30.0. The standard InChI is InChI=1S/C45H36N4O/c1-6-24-45(25-7-1,37-20-22-38(23-21-37)49-41-12-2-4-14-43(41)50-44-15-5-3-13-42(44)49)36-18-16-32(17-19-36)35-28-39(33-10-8-26-46-30-33)48-40(29-35)34-11-9-27-47-31-34/h2-5,8-23,26-31H,1,6-7,24-25H2. The molecule has 0 atom stereocenters. The van der Waals surface area contributed by atoms with Gasteiger partial charge in [-0.05, 0) is 108 Å². The summed E-state index contributed by atoms with van der Waals surface area (Å²) < 4.78 is 6.27. The molecule has 0 saturated heterocycles. The molecular weight excluding hydrogens is 613 g/mol. The third kappa shape index (κ3) is 5.41. The Balaban J connectivity index is 1.08. The number of hydrogen-bond donors (Lipinski definition) is 0. The fraction of sp³-hybridized carbons (Fsp3) is 0.133. The number of aromatic nitrogens is 3. The van der Waals surface area contributed by atoms with Crippen LogP contribution in [-0.4, -0.2) is 15.0 Å². The Labute approximate surface area is 292 Å². The third-order valence-electron chi connectivity index (χ3n) is 10.3. The molecule has 0 N–H and O–H groups in total. The minimum Gasteiger partial charge on any atom is -0.453 e. The summed E-state index contributed by atoms with van der Waals surface area (Å²) in [6.45, 7) is 0. The van der Waals surface area contributed by atoms with Crippen molar-refractivity contribution in [3.63, 3.8) is 0 Å². The summed E-state index contributed by atoms with van der Waals surface area (Å²) in [5.74, 6) is 1.74. The summed E-state index contributed by atoms with van der Waals surface area (Å²) >= 11 is 0. The maximum Gasteiger partial charge on any atom is 0.151 e. The minimum atomic E-state index is -0.0316. The summed E-state index contributed by atoms with van der Waals surface area (Å²) in [4.78, 5) is 16.0. The highest BCUT2D eigenvalue weighted by atomic mass is 16.5. The molecule has 0 unspecified atom stereocenters. The van der Waals surface area contributed by atoms with Crippen molar-refractivity contribution in [1.29, 1.82) is 0 Å². The van der Waals surface area contributed by atoms with E-state index in [0.29, 0.717) is 0 Å². The molecule has 242 valence electrons. The zero-order valence-electron chi connectivity index (χ0n) is 27.7. The molecule has 4 aromatic carbocycles. The van der Waals surface area contributed by atoms with Gasteiger partial charge in [0.05, 0.1) is 22.8 Å². The second-order valence-corrected chi connectivity index (χ2v) is 13.2. The fourth-order valence-electron chi connectivity index (χ4n) is 7.81. The van der Waals surface area contributed by atoms with E-state index in [1.807, 2.05) is 48.8 Å². The first-order valence-electron chi connectivity index (χ1n) is 17.5. The van der Waals surface area contributed by atoms with Crippen molar-refractivity contribution in [1.82, 2.24) is 15.0 Å². The van der Waals surface area contributed by atoms with Crippen molar-refractivity contribution >= 4 is 17.1 Å². The van der Waals surface area contributed by atoms with Gasteiger partial charge in [0.2, 0.25) is 0 Å². The SMILES string of the molecule is c1cncc(-c2cc(-c3ccc(C4(c5ccc(N6c7ccccc7Oc7ccccc76)cc5)CCCCC4)cc3)cc(-c3cccnc3)n2)c1. The van der Waals surface area contributed by atoms with Crippen LogP contribution in [0.1, 0.15) is 43.2 Å². The van der Waals surface area contributed by atoms with Crippen LogP contribution >= 0.6 is 0 Å². The van der Waals surface area contributed by atoms with Crippen LogP contribution in [0.5, 0.6) is 11.5 Å². The normalized spacial score (nSPS) is 14.7. The maximum absolute atomic E-state index is 6.27. The van der Waals surface area contributed by atoms with Crippen LogP contribution in [0.25, 0.3) is 33.6 Å². The lowest BCUT2D eigenvalue weighted by molar-refractivity contribution is 0.346. The van der Waals surface area contributed by atoms with Crippen molar-refractivity contribution < 1.29 is 4.74 Å². The van der Waals surface area contributed by atoms with E-state index < -0.39 is 0 Å². The van der Waals surface area contributed by atoms with Crippen LogP contribution in [0.3, 0.4) is 0 Å². The molecule has 1 aliphatic carbocycles. The van der Waals surface area contributed by atoms with E-state index in [2.05, 4.69) is 112 Å². The lowest BCUT2D eigenvalue weighted by Gasteiger charge is -2.39. The second kappa shape index (κ2) is 12.8. The van der Waals surface area contributed by atoms with Gasteiger partial charge in [-0.2, -0.15) is 0 Å². The molecule has 0 amide bonds. The highest BCUT2D eigenvalue weighted by Gasteiger charge is 2.36. The van der Waals surface area contributed by atoms with Gasteiger partial charge in [0, 0.05) is 47.0 Å². The first-order chi connectivity index (χ1) is 24.7. The van der Waals surface area contributed by atoms with Crippen molar-refractivity contribution in [2.75, 3.05) is 4.90 Å². The molecule has 4 heterocycles. The highest BCUT2D eigenvalue weighted by Crippen LogP contribution is 2.51. The summed E-state index contributed by atoms with van der Waals surface area (Å²) in [6, 6.07) is 47.5. The van der Waals surface area contributed by atoms with Crippen LogP contribution in [0, 0.1) is 0 Å². The second-order valence-electron chi connectivity index (χ2n) is 13.2. The maximum atomic E-state index is 6.27. The van der Waals surface area contributed by atoms with Crippen LogP contribution in [0.2, 0.25) is 0 Å². The predicted octanol–water partition coefficient (Wildman–Crippen LogP) is 11.7. The number of pyridine rings is 3. The monoisotopic (exact) mass is 648 g/mol. The summed E-state index contributed by atoms with van der Waals surface area (Å²) in [6.07, 6.45) is 13.3. The van der Waals surface area contributed by atoms with Gasteiger partial charge in [-0.15, -0.1) is 0 Å². The predicted molar refractivity (Wildman–Crippen MR) is 201 cm³/mol. The Bertz CT molecular complexity index is 2160. The Morgan fingerprint density at radius 3 is 1.58 bits per heavy atom. The lowest BCUT2D eigenvalue weighted by Crippen LogP contribution is -2.30. The van der Waals surface area contributed by atoms with E-state index in [1.165, 1.54) is 30.4 Å². The Morgan fingerprint density at radius 1 is 0.500 bits per heavy atom. The molecular formula is C45H36N4O. The molecule has 0 radical (unpaired) electrons. The lowest BCUT2D eigenvalue weighted by atomic mass is 9.65. The number of fused-ring (bicyclic) bond motifs is 2. The molecule has 3 aromatic heterocycles. The fourth-order valence-corrected chi connectivity index (χ4v) is 7.81. The van der Waals surface area contributed by atoms with Gasteiger partial charge >= 0.3 is 0 Å². The third-order valence-corrected chi connectivity index (χ3v) is 10.3.